The molecule has 0 unspecified atom stereocenters. The van der Waals surface area contributed by atoms with Crippen molar-refractivity contribution in [1.29, 1.82) is 0 Å². The summed E-state index contributed by atoms with van der Waals surface area (Å²) in [7, 11) is 0. The van der Waals surface area contributed by atoms with E-state index in [4.69, 9.17) is 4.52 Å². The van der Waals surface area contributed by atoms with Crippen LogP contribution >= 0.6 is 11.3 Å². The third kappa shape index (κ3) is 4.13. The number of rotatable bonds is 5. The maximum Gasteiger partial charge on any atom is 0.268 e. The van der Waals surface area contributed by atoms with Crippen LogP contribution in [0.4, 0.5) is 5.69 Å². The van der Waals surface area contributed by atoms with Crippen LogP contribution in [0.5, 0.6) is 0 Å². The number of carbonyl (C=O) groups is 1. The lowest BCUT2D eigenvalue weighted by Crippen LogP contribution is -2.27. The Kier molecular flexibility index (Phi) is 5.54. The first-order valence-electron chi connectivity index (χ1n) is 10.7. The molecule has 0 saturated carbocycles. The third-order valence-corrected chi connectivity index (χ3v) is 6.65. The lowest BCUT2D eigenvalue weighted by atomic mass is 10.1. The van der Waals surface area contributed by atoms with Crippen molar-refractivity contribution >= 4 is 33.1 Å². The molecule has 0 spiro atoms. The summed E-state index contributed by atoms with van der Waals surface area (Å²) in [6.45, 7) is 5.66. The zero-order valence-corrected chi connectivity index (χ0v) is 19.6. The highest BCUT2D eigenvalue weighted by Gasteiger charge is 2.21. The first kappa shape index (κ1) is 21.7. The highest BCUT2D eigenvalue weighted by molar-refractivity contribution is 7.22. The second-order valence-electron chi connectivity index (χ2n) is 8.12. The summed E-state index contributed by atoms with van der Waals surface area (Å²) < 4.78 is 6.82. The van der Waals surface area contributed by atoms with E-state index < -0.39 is 0 Å². The molecule has 0 atom stereocenters. The molecule has 9 heteroatoms. The highest BCUT2D eigenvalue weighted by Crippen LogP contribution is 2.35. The van der Waals surface area contributed by atoms with Crippen molar-refractivity contribution in [1.82, 2.24) is 19.7 Å². The lowest BCUT2D eigenvalue weighted by molar-refractivity contribution is -0.116. The predicted octanol–water partition coefficient (Wildman–Crippen LogP) is 4.74. The van der Waals surface area contributed by atoms with Gasteiger partial charge in [-0.3, -0.25) is 14.2 Å². The number of amides is 1. The van der Waals surface area contributed by atoms with Crippen molar-refractivity contribution in [3.63, 3.8) is 0 Å². The summed E-state index contributed by atoms with van der Waals surface area (Å²) in [6, 6.07) is 15.3. The topological polar surface area (TPSA) is 103 Å². The van der Waals surface area contributed by atoms with Gasteiger partial charge in [0.05, 0.1) is 16.6 Å². The van der Waals surface area contributed by atoms with Crippen molar-refractivity contribution in [3.8, 4) is 22.2 Å². The number of anilines is 1. The summed E-state index contributed by atoms with van der Waals surface area (Å²) in [6.07, 6.45) is 1.39. The van der Waals surface area contributed by atoms with Crippen molar-refractivity contribution in [2.24, 2.45) is 0 Å². The van der Waals surface area contributed by atoms with Crippen LogP contribution in [0, 0.1) is 20.8 Å². The largest absolute Gasteiger partial charge is 0.333 e. The molecule has 0 saturated heterocycles. The molecule has 0 aliphatic rings. The SMILES string of the molecule is Cc1ccc(NC(=O)Cn2cnc3sc(-c4nc(-c5cccc(C)c5)no4)c(C)c3c2=O)cc1. The van der Waals surface area contributed by atoms with Gasteiger partial charge in [0.1, 0.15) is 11.4 Å². The average molecular weight is 472 g/mol. The second-order valence-corrected chi connectivity index (χ2v) is 9.12. The Morgan fingerprint density at radius 2 is 1.88 bits per heavy atom. The fourth-order valence-corrected chi connectivity index (χ4v) is 4.75. The number of benzene rings is 2. The van der Waals surface area contributed by atoms with Gasteiger partial charge in [0, 0.05) is 11.3 Å². The van der Waals surface area contributed by atoms with E-state index in [9.17, 15) is 9.59 Å². The molecule has 34 heavy (non-hydrogen) atoms. The van der Waals surface area contributed by atoms with E-state index in [-0.39, 0.29) is 18.0 Å². The van der Waals surface area contributed by atoms with Crippen LogP contribution in [-0.2, 0) is 11.3 Å². The molecule has 0 bridgehead atoms. The molecule has 0 aliphatic heterocycles. The van der Waals surface area contributed by atoms with E-state index in [1.165, 1.54) is 22.2 Å². The van der Waals surface area contributed by atoms with Crippen molar-refractivity contribution in [2.45, 2.75) is 27.3 Å². The van der Waals surface area contributed by atoms with Crippen LogP contribution in [0.2, 0.25) is 0 Å². The maximum absolute atomic E-state index is 13.2. The minimum atomic E-state index is -0.306. The Balaban J connectivity index is 1.44. The van der Waals surface area contributed by atoms with Gasteiger partial charge in [-0.2, -0.15) is 4.98 Å². The number of carbonyl (C=O) groups excluding carboxylic acids is 1. The monoisotopic (exact) mass is 471 g/mol. The first-order valence-corrected chi connectivity index (χ1v) is 11.5. The summed E-state index contributed by atoms with van der Waals surface area (Å²) in [5.74, 6) is 0.508. The van der Waals surface area contributed by atoms with Crippen LogP contribution in [0.15, 0.2) is 64.2 Å². The molecule has 0 fully saturated rings. The number of aryl methyl sites for hydroxylation is 3. The molecule has 8 nitrogen and oxygen atoms in total. The summed E-state index contributed by atoms with van der Waals surface area (Å²) in [5.41, 5.74) is 4.13. The molecule has 3 heterocycles. The fraction of sp³-hybridized carbons (Fsp3) is 0.160. The van der Waals surface area contributed by atoms with Crippen LogP contribution in [-0.4, -0.2) is 25.6 Å². The zero-order chi connectivity index (χ0) is 23.8. The minimum Gasteiger partial charge on any atom is -0.333 e. The summed E-state index contributed by atoms with van der Waals surface area (Å²) in [4.78, 5) is 35.9. The normalized spacial score (nSPS) is 11.1. The fourth-order valence-electron chi connectivity index (χ4n) is 3.69. The molecule has 170 valence electrons. The van der Waals surface area contributed by atoms with Crippen LogP contribution in [0.25, 0.3) is 32.4 Å². The Morgan fingerprint density at radius 3 is 2.65 bits per heavy atom. The molecule has 0 radical (unpaired) electrons. The van der Waals surface area contributed by atoms with E-state index in [0.717, 1.165) is 16.7 Å². The van der Waals surface area contributed by atoms with Gasteiger partial charge in [0.25, 0.3) is 11.4 Å². The molecule has 1 N–H and O–H groups in total. The van der Waals surface area contributed by atoms with Crippen molar-refractivity contribution < 1.29 is 9.32 Å². The van der Waals surface area contributed by atoms with Gasteiger partial charge < -0.3 is 9.84 Å². The molecule has 5 rings (SSSR count). The van der Waals surface area contributed by atoms with Crippen LogP contribution in [0.1, 0.15) is 16.7 Å². The van der Waals surface area contributed by atoms with Gasteiger partial charge in [-0.15, -0.1) is 11.3 Å². The Labute approximate surface area is 198 Å². The standard InChI is InChI=1S/C25H21N5O3S/c1-14-7-9-18(10-8-14)27-19(31)12-30-13-26-24-20(25(30)32)16(3)21(34-24)23-28-22(29-33-23)17-6-4-5-15(2)11-17/h4-11,13H,12H2,1-3H3,(H,27,31). The average Bonchev–Trinajstić information content (AvgIpc) is 3.42. The van der Waals surface area contributed by atoms with Gasteiger partial charge in [0.2, 0.25) is 11.7 Å². The van der Waals surface area contributed by atoms with Crippen molar-refractivity contribution in [3.05, 3.63) is 81.9 Å². The van der Waals surface area contributed by atoms with Gasteiger partial charge in [-0.05, 0) is 44.5 Å². The number of nitrogens with one attached hydrogen (secondary N) is 1. The van der Waals surface area contributed by atoms with Gasteiger partial charge >= 0.3 is 0 Å². The van der Waals surface area contributed by atoms with Crippen LogP contribution in [0.3, 0.4) is 0 Å². The van der Waals surface area contributed by atoms with Crippen LogP contribution < -0.4 is 10.9 Å². The van der Waals surface area contributed by atoms with E-state index in [1.54, 1.807) is 0 Å². The number of thiophene rings is 1. The summed E-state index contributed by atoms with van der Waals surface area (Å²) >= 11 is 1.31. The quantitative estimate of drug-likeness (QED) is 0.397. The summed E-state index contributed by atoms with van der Waals surface area (Å²) in [5, 5.41) is 7.35. The molecule has 2 aromatic carbocycles. The molecule has 5 aromatic rings. The third-order valence-electron chi connectivity index (χ3n) is 5.46. The van der Waals surface area contributed by atoms with E-state index in [1.807, 2.05) is 69.3 Å². The number of nitrogens with zero attached hydrogens (tertiary/aromatic N) is 4. The number of aromatic nitrogens is 4. The predicted molar refractivity (Wildman–Crippen MR) is 132 cm³/mol. The molecule has 0 aliphatic carbocycles. The molecule has 3 aromatic heterocycles. The van der Waals surface area contributed by atoms with Gasteiger partial charge in [0.15, 0.2) is 0 Å². The number of hydrogen-bond donors (Lipinski definition) is 1. The Hall–Kier alpha value is -4.11. The van der Waals surface area contributed by atoms with E-state index >= 15 is 0 Å². The maximum atomic E-state index is 13.2. The number of fused-ring (bicyclic) bond motifs is 1. The van der Waals surface area contributed by atoms with Gasteiger partial charge in [-0.25, -0.2) is 4.98 Å². The zero-order valence-electron chi connectivity index (χ0n) is 18.8. The van der Waals surface area contributed by atoms with E-state index in [2.05, 4.69) is 20.4 Å². The molecule has 1 amide bonds. The lowest BCUT2D eigenvalue weighted by Gasteiger charge is -2.07. The minimum absolute atomic E-state index is 0.141. The van der Waals surface area contributed by atoms with E-state index in [0.29, 0.717) is 38.1 Å². The Bertz CT molecular complexity index is 1580. The molecular formula is C25H21N5O3S. The second kappa shape index (κ2) is 8.68. The van der Waals surface area contributed by atoms with Gasteiger partial charge in [-0.1, -0.05) is 46.6 Å². The Morgan fingerprint density at radius 1 is 1.09 bits per heavy atom. The highest BCUT2D eigenvalue weighted by atomic mass is 32.1. The van der Waals surface area contributed by atoms with Crippen molar-refractivity contribution in [2.75, 3.05) is 5.32 Å². The number of hydrogen-bond acceptors (Lipinski definition) is 7. The first-order chi connectivity index (χ1) is 16.4. The smallest absolute Gasteiger partial charge is 0.268 e. The molecular weight excluding hydrogens is 450 g/mol.